The molecule has 114 valence electrons. The van der Waals surface area contributed by atoms with E-state index in [1.165, 1.54) is 0 Å². The number of nitrogens with zero attached hydrogens (tertiary/aromatic N) is 3. The largest absolute Gasteiger partial charge is 0.384 e. The van der Waals surface area contributed by atoms with Crippen LogP contribution in [0.15, 0.2) is 42.5 Å². The molecule has 4 N–H and O–H groups in total. The van der Waals surface area contributed by atoms with E-state index in [-0.39, 0.29) is 5.84 Å². The van der Waals surface area contributed by atoms with Crippen LogP contribution in [-0.4, -0.2) is 25.4 Å². The van der Waals surface area contributed by atoms with Crippen molar-refractivity contribution in [3.8, 4) is 0 Å². The molecule has 4 aromatic rings. The number of para-hydroxylation sites is 2. The first-order chi connectivity index (χ1) is 11.1. The van der Waals surface area contributed by atoms with Gasteiger partial charge in [0.15, 0.2) is 0 Å². The molecule has 0 spiro atoms. The fourth-order valence-electron chi connectivity index (χ4n) is 2.81. The lowest BCUT2D eigenvalue weighted by Crippen LogP contribution is -2.10. The first-order valence-corrected chi connectivity index (χ1v) is 7.35. The van der Waals surface area contributed by atoms with Crippen LogP contribution in [0.1, 0.15) is 17.2 Å². The molecule has 0 unspecified atom stereocenters. The van der Waals surface area contributed by atoms with E-state index < -0.39 is 0 Å². The molecule has 6 nitrogen and oxygen atoms in total. The quantitative estimate of drug-likeness (QED) is 0.400. The normalized spacial score (nSPS) is 11.3. The zero-order valence-electron chi connectivity index (χ0n) is 12.7. The minimum Gasteiger partial charge on any atom is -0.384 e. The molecule has 0 aliphatic carbocycles. The fourth-order valence-corrected chi connectivity index (χ4v) is 2.81. The van der Waals surface area contributed by atoms with Crippen molar-refractivity contribution in [2.24, 2.45) is 12.8 Å². The minimum atomic E-state index is 0.0480. The number of aromatic nitrogens is 4. The molecule has 0 fully saturated rings. The molecule has 2 aromatic heterocycles. The number of hydrogen-bond acceptors (Lipinski definition) is 3. The van der Waals surface area contributed by atoms with Crippen molar-refractivity contribution in [1.82, 2.24) is 19.5 Å². The SMILES string of the molecule is Cn1c(Cc2nc3cc(C(=N)N)ccc3[nH]2)nc2ccccc21. The average Bonchev–Trinajstić information content (AvgIpc) is 3.08. The van der Waals surface area contributed by atoms with Crippen molar-refractivity contribution >= 4 is 27.9 Å². The first-order valence-electron chi connectivity index (χ1n) is 7.35. The molecule has 0 aliphatic heterocycles. The zero-order valence-corrected chi connectivity index (χ0v) is 12.7. The van der Waals surface area contributed by atoms with Crippen molar-refractivity contribution in [3.05, 3.63) is 59.7 Å². The van der Waals surface area contributed by atoms with Gasteiger partial charge in [-0.2, -0.15) is 0 Å². The van der Waals surface area contributed by atoms with Gasteiger partial charge in [-0.25, -0.2) is 9.97 Å². The maximum absolute atomic E-state index is 7.51. The number of nitrogens with one attached hydrogen (secondary N) is 2. The summed E-state index contributed by atoms with van der Waals surface area (Å²) in [5.74, 6) is 1.85. The second-order valence-electron chi connectivity index (χ2n) is 5.58. The molecule has 0 saturated heterocycles. The highest BCUT2D eigenvalue weighted by Crippen LogP contribution is 2.18. The third-order valence-corrected chi connectivity index (χ3v) is 4.05. The van der Waals surface area contributed by atoms with Gasteiger partial charge in [-0.15, -0.1) is 0 Å². The van der Waals surface area contributed by atoms with E-state index in [9.17, 15) is 0 Å². The van der Waals surface area contributed by atoms with Gasteiger partial charge in [0.2, 0.25) is 0 Å². The van der Waals surface area contributed by atoms with E-state index >= 15 is 0 Å². The molecule has 0 radical (unpaired) electrons. The van der Waals surface area contributed by atoms with Gasteiger partial charge in [-0.05, 0) is 30.3 Å². The summed E-state index contributed by atoms with van der Waals surface area (Å²) in [6.45, 7) is 0. The average molecular weight is 304 g/mol. The lowest BCUT2D eigenvalue weighted by molar-refractivity contribution is 0.824. The van der Waals surface area contributed by atoms with Crippen molar-refractivity contribution in [2.45, 2.75) is 6.42 Å². The van der Waals surface area contributed by atoms with Crippen molar-refractivity contribution < 1.29 is 0 Å². The number of imidazole rings is 2. The molecule has 2 heterocycles. The second kappa shape index (κ2) is 4.95. The summed E-state index contributed by atoms with van der Waals surface area (Å²) in [7, 11) is 2.02. The van der Waals surface area contributed by atoms with Crippen molar-refractivity contribution in [3.63, 3.8) is 0 Å². The molecular formula is C17H16N6. The topological polar surface area (TPSA) is 96.4 Å². The third-order valence-electron chi connectivity index (χ3n) is 4.05. The number of nitrogen functional groups attached to an aromatic ring is 1. The van der Waals surface area contributed by atoms with Crippen LogP contribution < -0.4 is 5.73 Å². The summed E-state index contributed by atoms with van der Waals surface area (Å²) in [6, 6.07) is 13.6. The maximum Gasteiger partial charge on any atom is 0.122 e. The maximum atomic E-state index is 7.51. The molecule has 0 amide bonds. The summed E-state index contributed by atoms with van der Waals surface area (Å²) in [4.78, 5) is 12.6. The molecule has 2 aromatic carbocycles. The zero-order chi connectivity index (χ0) is 16.0. The molecule has 0 aliphatic rings. The predicted octanol–water partition coefficient (Wildman–Crippen LogP) is 2.32. The highest BCUT2D eigenvalue weighted by Gasteiger charge is 2.11. The number of nitrogens with two attached hydrogens (primary N) is 1. The molecule has 0 saturated carbocycles. The summed E-state index contributed by atoms with van der Waals surface area (Å²) < 4.78 is 2.09. The summed E-state index contributed by atoms with van der Waals surface area (Å²) in [5.41, 5.74) is 10.0. The smallest absolute Gasteiger partial charge is 0.122 e. The number of hydrogen-bond donors (Lipinski definition) is 3. The molecule has 4 rings (SSSR count). The lowest BCUT2D eigenvalue weighted by Gasteiger charge is -1.99. The fraction of sp³-hybridized carbons (Fsp3) is 0.118. The summed E-state index contributed by atoms with van der Waals surface area (Å²) in [5, 5.41) is 7.51. The Morgan fingerprint density at radius 2 is 2.00 bits per heavy atom. The monoisotopic (exact) mass is 304 g/mol. The Bertz CT molecular complexity index is 1040. The van der Waals surface area contributed by atoms with Crippen molar-refractivity contribution in [1.29, 1.82) is 5.41 Å². The number of aryl methyl sites for hydroxylation is 1. The Balaban J connectivity index is 1.74. The van der Waals surface area contributed by atoms with Gasteiger partial charge in [0.1, 0.15) is 17.5 Å². The Morgan fingerprint density at radius 1 is 1.17 bits per heavy atom. The third kappa shape index (κ3) is 2.24. The highest BCUT2D eigenvalue weighted by molar-refractivity contribution is 5.97. The van der Waals surface area contributed by atoms with Crippen LogP contribution in [0.3, 0.4) is 0 Å². The van der Waals surface area contributed by atoms with Crippen LogP contribution in [0.25, 0.3) is 22.1 Å². The van der Waals surface area contributed by atoms with E-state index in [4.69, 9.17) is 11.1 Å². The lowest BCUT2D eigenvalue weighted by atomic mass is 10.2. The van der Waals surface area contributed by atoms with Gasteiger partial charge in [-0.3, -0.25) is 5.41 Å². The highest BCUT2D eigenvalue weighted by atomic mass is 15.1. The van der Waals surface area contributed by atoms with Gasteiger partial charge in [0.05, 0.1) is 28.5 Å². The van der Waals surface area contributed by atoms with Crippen LogP contribution in [0.5, 0.6) is 0 Å². The first kappa shape index (κ1) is 13.5. The van der Waals surface area contributed by atoms with Gasteiger partial charge in [0, 0.05) is 12.6 Å². The second-order valence-corrected chi connectivity index (χ2v) is 5.58. The van der Waals surface area contributed by atoms with E-state index in [2.05, 4.69) is 25.6 Å². The van der Waals surface area contributed by atoms with Gasteiger partial charge in [0.25, 0.3) is 0 Å². The van der Waals surface area contributed by atoms with E-state index in [0.29, 0.717) is 12.0 Å². The van der Waals surface area contributed by atoms with Crippen LogP contribution in [0.2, 0.25) is 0 Å². The Morgan fingerprint density at radius 3 is 2.78 bits per heavy atom. The molecule has 6 heteroatoms. The van der Waals surface area contributed by atoms with Crippen LogP contribution >= 0.6 is 0 Å². The van der Waals surface area contributed by atoms with E-state index in [1.54, 1.807) is 0 Å². The Kier molecular flexibility index (Phi) is 2.90. The number of H-pyrrole nitrogens is 1. The minimum absolute atomic E-state index is 0.0480. The molecule has 0 atom stereocenters. The predicted molar refractivity (Wildman–Crippen MR) is 90.6 cm³/mol. The van der Waals surface area contributed by atoms with Gasteiger partial charge in [-0.1, -0.05) is 12.1 Å². The Hall–Kier alpha value is -3.15. The number of benzene rings is 2. The standard InChI is InChI=1S/C17H16N6/c1-23-14-5-3-2-4-12(14)22-16(23)9-15-20-11-7-6-10(17(18)19)8-13(11)21-15/h2-8H,9H2,1H3,(H3,18,19)(H,20,21). The van der Waals surface area contributed by atoms with E-state index in [0.717, 1.165) is 33.7 Å². The van der Waals surface area contributed by atoms with Gasteiger partial charge >= 0.3 is 0 Å². The van der Waals surface area contributed by atoms with Crippen molar-refractivity contribution in [2.75, 3.05) is 0 Å². The molecule has 0 bridgehead atoms. The van der Waals surface area contributed by atoms with Crippen LogP contribution in [0.4, 0.5) is 0 Å². The van der Waals surface area contributed by atoms with E-state index in [1.807, 2.05) is 43.4 Å². The summed E-state index contributed by atoms with van der Waals surface area (Å²) in [6.07, 6.45) is 0.620. The molecule has 23 heavy (non-hydrogen) atoms. The number of amidine groups is 1. The summed E-state index contributed by atoms with van der Waals surface area (Å²) >= 11 is 0. The molecular weight excluding hydrogens is 288 g/mol. The van der Waals surface area contributed by atoms with Crippen LogP contribution in [0, 0.1) is 5.41 Å². The number of rotatable bonds is 3. The van der Waals surface area contributed by atoms with Crippen LogP contribution in [-0.2, 0) is 13.5 Å². The number of fused-ring (bicyclic) bond motifs is 2. The number of aromatic amines is 1. The Labute approximate surface area is 132 Å². The van der Waals surface area contributed by atoms with Gasteiger partial charge < -0.3 is 15.3 Å².